The Balaban J connectivity index is 2.01. The monoisotopic (exact) mass is 329 g/mol. The normalized spacial score (nSPS) is 10.7. The molecule has 0 spiro atoms. The van der Waals surface area contributed by atoms with Crippen LogP contribution in [0.4, 0.5) is 5.95 Å². The van der Waals surface area contributed by atoms with Crippen LogP contribution in [0.3, 0.4) is 0 Å². The fourth-order valence-electron chi connectivity index (χ4n) is 2.01. The highest BCUT2D eigenvalue weighted by atomic mass is 32.1. The summed E-state index contributed by atoms with van der Waals surface area (Å²) in [6.45, 7) is 0. The number of hydrogen-bond acceptors (Lipinski definition) is 8. The van der Waals surface area contributed by atoms with E-state index in [0.717, 1.165) is 5.56 Å². The molecule has 0 bridgehead atoms. The highest BCUT2D eigenvalue weighted by molar-refractivity contribution is 7.08. The van der Waals surface area contributed by atoms with E-state index in [2.05, 4.69) is 15.0 Å². The van der Waals surface area contributed by atoms with Gasteiger partial charge in [-0.3, -0.25) is 0 Å². The lowest BCUT2D eigenvalue weighted by molar-refractivity contribution is -0.304. The first-order valence-corrected chi connectivity index (χ1v) is 7.70. The van der Waals surface area contributed by atoms with Gasteiger partial charge in [0.15, 0.2) is 5.76 Å². The topological polar surface area (TPSA) is 95.2 Å². The Kier molecular flexibility index (Phi) is 4.07. The van der Waals surface area contributed by atoms with Crippen LogP contribution >= 0.6 is 11.3 Å². The van der Waals surface area contributed by atoms with E-state index < -0.39 is 5.97 Å². The summed E-state index contributed by atoms with van der Waals surface area (Å²) in [6, 6.07) is 1.85. The molecule has 0 fully saturated rings. The van der Waals surface area contributed by atoms with Crippen LogP contribution in [0.1, 0.15) is 5.69 Å². The standard InChI is InChI=1S/C15H14N4O3S/c1-19(2)15-16-6-10(7-17-15)14-18-11(5-12(20)21)13(22-14)9-3-4-23-8-9/h3-4,6-8H,5H2,1-2H3,(H,20,21)/p-1. The number of carboxylic acids is 1. The van der Waals surface area contributed by atoms with Crippen LogP contribution in [-0.4, -0.2) is 35.0 Å². The molecule has 23 heavy (non-hydrogen) atoms. The average molecular weight is 329 g/mol. The maximum absolute atomic E-state index is 10.9. The molecule has 0 aliphatic heterocycles. The first-order chi connectivity index (χ1) is 11.0. The minimum absolute atomic E-state index is 0.285. The second-order valence-electron chi connectivity index (χ2n) is 5.02. The van der Waals surface area contributed by atoms with E-state index >= 15 is 0 Å². The van der Waals surface area contributed by atoms with Gasteiger partial charge in [0.25, 0.3) is 0 Å². The quantitative estimate of drug-likeness (QED) is 0.694. The van der Waals surface area contributed by atoms with E-state index in [0.29, 0.717) is 23.0 Å². The molecule has 7 nitrogen and oxygen atoms in total. The molecule has 0 radical (unpaired) electrons. The van der Waals surface area contributed by atoms with E-state index in [1.807, 2.05) is 30.9 Å². The van der Waals surface area contributed by atoms with E-state index in [-0.39, 0.29) is 12.3 Å². The number of anilines is 1. The summed E-state index contributed by atoms with van der Waals surface area (Å²) in [7, 11) is 3.68. The van der Waals surface area contributed by atoms with Crippen molar-refractivity contribution in [2.75, 3.05) is 19.0 Å². The van der Waals surface area contributed by atoms with Gasteiger partial charge in [-0.1, -0.05) is 0 Å². The van der Waals surface area contributed by atoms with Gasteiger partial charge in [0.05, 0.1) is 11.3 Å². The van der Waals surface area contributed by atoms with E-state index in [1.54, 1.807) is 17.3 Å². The van der Waals surface area contributed by atoms with Crippen LogP contribution in [-0.2, 0) is 11.2 Å². The molecule has 0 unspecified atom stereocenters. The third-order valence-corrected chi connectivity index (χ3v) is 3.76. The second-order valence-corrected chi connectivity index (χ2v) is 5.80. The van der Waals surface area contributed by atoms with Crippen molar-refractivity contribution < 1.29 is 14.3 Å². The summed E-state index contributed by atoms with van der Waals surface area (Å²) in [4.78, 5) is 25.4. The van der Waals surface area contributed by atoms with Crippen molar-refractivity contribution in [1.29, 1.82) is 0 Å². The summed E-state index contributed by atoms with van der Waals surface area (Å²) in [5.74, 6) is 0.0729. The molecule has 0 N–H and O–H groups in total. The fraction of sp³-hybridized carbons (Fsp3) is 0.200. The third kappa shape index (κ3) is 3.21. The lowest BCUT2D eigenvalue weighted by Crippen LogP contribution is -2.24. The molecular formula is C15H13N4O3S-. The van der Waals surface area contributed by atoms with Gasteiger partial charge in [-0.2, -0.15) is 11.3 Å². The molecule has 0 aliphatic carbocycles. The highest BCUT2D eigenvalue weighted by Gasteiger charge is 2.17. The number of carbonyl (C=O) groups is 1. The molecule has 3 aromatic heterocycles. The molecular weight excluding hydrogens is 316 g/mol. The van der Waals surface area contributed by atoms with Gasteiger partial charge in [-0.25, -0.2) is 15.0 Å². The molecule has 118 valence electrons. The van der Waals surface area contributed by atoms with Crippen LogP contribution < -0.4 is 10.0 Å². The zero-order valence-electron chi connectivity index (χ0n) is 12.5. The Morgan fingerprint density at radius 1 is 1.30 bits per heavy atom. The maximum Gasteiger partial charge on any atom is 0.230 e. The predicted molar refractivity (Wildman–Crippen MR) is 83.9 cm³/mol. The third-order valence-electron chi connectivity index (χ3n) is 3.08. The number of thiophene rings is 1. The molecule has 0 saturated carbocycles. The number of nitrogens with zero attached hydrogens (tertiary/aromatic N) is 4. The summed E-state index contributed by atoms with van der Waals surface area (Å²) >= 11 is 1.49. The number of hydrogen-bond donors (Lipinski definition) is 0. The first-order valence-electron chi connectivity index (χ1n) is 6.76. The van der Waals surface area contributed by atoms with Gasteiger partial charge in [0.1, 0.15) is 0 Å². The van der Waals surface area contributed by atoms with Crippen LogP contribution in [0.25, 0.3) is 22.8 Å². The number of oxazole rings is 1. The van der Waals surface area contributed by atoms with Gasteiger partial charge < -0.3 is 19.2 Å². The fourth-order valence-corrected chi connectivity index (χ4v) is 2.65. The minimum Gasteiger partial charge on any atom is -0.550 e. The van der Waals surface area contributed by atoms with Crippen molar-refractivity contribution in [3.8, 4) is 22.8 Å². The number of aromatic nitrogens is 3. The van der Waals surface area contributed by atoms with Gasteiger partial charge in [0, 0.05) is 49.8 Å². The molecule has 8 heteroatoms. The molecule has 0 atom stereocenters. The van der Waals surface area contributed by atoms with Crippen molar-refractivity contribution in [3.05, 3.63) is 34.9 Å². The van der Waals surface area contributed by atoms with Crippen LogP contribution in [0.2, 0.25) is 0 Å². The predicted octanol–water partition coefficient (Wildman–Crippen LogP) is 1.22. The number of carbonyl (C=O) groups excluding carboxylic acids is 1. The van der Waals surface area contributed by atoms with Crippen molar-refractivity contribution in [1.82, 2.24) is 15.0 Å². The Morgan fingerprint density at radius 3 is 2.61 bits per heavy atom. The highest BCUT2D eigenvalue weighted by Crippen LogP contribution is 2.31. The van der Waals surface area contributed by atoms with Crippen molar-refractivity contribution >= 4 is 23.3 Å². The van der Waals surface area contributed by atoms with Gasteiger partial charge in [-0.15, -0.1) is 0 Å². The summed E-state index contributed by atoms with van der Waals surface area (Å²) in [5, 5.41) is 14.7. The summed E-state index contributed by atoms with van der Waals surface area (Å²) < 4.78 is 5.76. The van der Waals surface area contributed by atoms with Crippen molar-refractivity contribution in [3.63, 3.8) is 0 Å². The van der Waals surface area contributed by atoms with Crippen LogP contribution in [0.5, 0.6) is 0 Å². The van der Waals surface area contributed by atoms with Crippen LogP contribution in [0, 0.1) is 0 Å². The minimum atomic E-state index is -1.21. The number of rotatable bonds is 5. The number of carboxylic acid groups (broad SMARTS) is 1. The molecule has 3 rings (SSSR count). The van der Waals surface area contributed by atoms with E-state index in [4.69, 9.17) is 4.42 Å². The zero-order valence-corrected chi connectivity index (χ0v) is 13.3. The molecule has 3 heterocycles. The van der Waals surface area contributed by atoms with Crippen LogP contribution in [0.15, 0.2) is 33.6 Å². The van der Waals surface area contributed by atoms with Crippen molar-refractivity contribution in [2.24, 2.45) is 0 Å². The Labute approximate surface area is 136 Å². The molecule has 0 saturated heterocycles. The second kappa shape index (κ2) is 6.17. The Bertz CT molecular complexity index is 810. The Hall–Kier alpha value is -2.74. The zero-order chi connectivity index (χ0) is 16.4. The molecule has 3 aromatic rings. The summed E-state index contributed by atoms with van der Waals surface area (Å²) in [5.41, 5.74) is 1.70. The van der Waals surface area contributed by atoms with Gasteiger partial charge >= 0.3 is 0 Å². The first kappa shape index (κ1) is 15.2. The van der Waals surface area contributed by atoms with E-state index in [9.17, 15) is 9.90 Å². The largest absolute Gasteiger partial charge is 0.550 e. The number of aliphatic carboxylic acids is 1. The molecule has 0 amide bonds. The SMILES string of the molecule is CN(C)c1ncc(-c2nc(CC(=O)[O-])c(-c3ccsc3)o2)cn1. The average Bonchev–Trinajstić information content (AvgIpc) is 3.16. The van der Waals surface area contributed by atoms with E-state index in [1.165, 1.54) is 11.3 Å². The van der Waals surface area contributed by atoms with Gasteiger partial charge in [0.2, 0.25) is 11.8 Å². The maximum atomic E-state index is 10.9. The van der Waals surface area contributed by atoms with Gasteiger partial charge in [-0.05, 0) is 11.4 Å². The molecule has 0 aliphatic rings. The lowest BCUT2D eigenvalue weighted by Gasteiger charge is -2.08. The van der Waals surface area contributed by atoms with Crippen molar-refractivity contribution in [2.45, 2.75) is 6.42 Å². The Morgan fingerprint density at radius 2 is 2.04 bits per heavy atom. The smallest absolute Gasteiger partial charge is 0.230 e. The summed E-state index contributed by atoms with van der Waals surface area (Å²) in [6.07, 6.45) is 2.87. The lowest BCUT2D eigenvalue weighted by atomic mass is 10.2. The molecule has 0 aromatic carbocycles.